The lowest BCUT2D eigenvalue weighted by atomic mass is 10.1. The zero-order valence-electron chi connectivity index (χ0n) is 8.66. The standard InChI is InChI=1S/C11H13ClO3/c1-7(13)10(14)6-8-5-9(12)3-4-11(8)15-2/h3-5,7,13H,6H2,1-2H3. The molecule has 1 aromatic carbocycles. The Morgan fingerprint density at radius 1 is 1.60 bits per heavy atom. The Kier molecular flexibility index (Phi) is 4.12. The van der Waals surface area contributed by atoms with Gasteiger partial charge in [-0.05, 0) is 25.1 Å². The summed E-state index contributed by atoms with van der Waals surface area (Å²) >= 11 is 5.81. The highest BCUT2D eigenvalue weighted by Crippen LogP contribution is 2.23. The number of ether oxygens (including phenoxy) is 1. The molecule has 0 amide bonds. The minimum Gasteiger partial charge on any atom is -0.496 e. The van der Waals surface area contributed by atoms with E-state index >= 15 is 0 Å². The molecular formula is C11H13ClO3. The lowest BCUT2D eigenvalue weighted by Gasteiger charge is -2.09. The number of aliphatic hydroxyl groups is 1. The molecule has 1 N–H and O–H groups in total. The summed E-state index contributed by atoms with van der Waals surface area (Å²) < 4.78 is 5.09. The van der Waals surface area contributed by atoms with Crippen LogP contribution in [0.4, 0.5) is 0 Å². The summed E-state index contributed by atoms with van der Waals surface area (Å²) in [6, 6.07) is 5.06. The van der Waals surface area contributed by atoms with E-state index in [2.05, 4.69) is 0 Å². The van der Waals surface area contributed by atoms with E-state index in [4.69, 9.17) is 21.4 Å². The predicted molar refractivity (Wildman–Crippen MR) is 58.4 cm³/mol. The smallest absolute Gasteiger partial charge is 0.165 e. The summed E-state index contributed by atoms with van der Waals surface area (Å²) in [5.41, 5.74) is 0.691. The van der Waals surface area contributed by atoms with Crippen LogP contribution >= 0.6 is 11.6 Å². The minimum absolute atomic E-state index is 0.126. The van der Waals surface area contributed by atoms with E-state index in [9.17, 15) is 4.79 Å². The van der Waals surface area contributed by atoms with E-state index in [0.717, 1.165) is 0 Å². The van der Waals surface area contributed by atoms with Gasteiger partial charge in [0.15, 0.2) is 5.78 Å². The number of hydrogen-bond donors (Lipinski definition) is 1. The minimum atomic E-state index is -0.964. The molecule has 82 valence electrons. The normalized spacial score (nSPS) is 12.3. The number of benzene rings is 1. The molecular weight excluding hydrogens is 216 g/mol. The second kappa shape index (κ2) is 5.14. The van der Waals surface area contributed by atoms with Crippen LogP contribution in [0.2, 0.25) is 5.02 Å². The van der Waals surface area contributed by atoms with Gasteiger partial charge >= 0.3 is 0 Å². The van der Waals surface area contributed by atoms with Crippen molar-refractivity contribution in [3.05, 3.63) is 28.8 Å². The van der Waals surface area contributed by atoms with Crippen LogP contribution in [0.5, 0.6) is 5.75 Å². The van der Waals surface area contributed by atoms with Gasteiger partial charge < -0.3 is 9.84 Å². The zero-order chi connectivity index (χ0) is 11.4. The predicted octanol–water partition coefficient (Wildman–Crippen LogP) is 1.84. The maximum absolute atomic E-state index is 11.3. The van der Waals surface area contributed by atoms with Crippen molar-refractivity contribution < 1.29 is 14.6 Å². The molecule has 1 aromatic rings. The van der Waals surface area contributed by atoms with Crippen molar-refractivity contribution in [2.75, 3.05) is 7.11 Å². The third kappa shape index (κ3) is 3.22. The summed E-state index contributed by atoms with van der Waals surface area (Å²) in [6.07, 6.45) is -0.838. The maximum atomic E-state index is 11.3. The van der Waals surface area contributed by atoms with Gasteiger partial charge in [-0.25, -0.2) is 0 Å². The Labute approximate surface area is 93.6 Å². The summed E-state index contributed by atoms with van der Waals surface area (Å²) in [7, 11) is 1.53. The van der Waals surface area contributed by atoms with Crippen molar-refractivity contribution in [2.24, 2.45) is 0 Å². The zero-order valence-corrected chi connectivity index (χ0v) is 9.41. The van der Waals surface area contributed by atoms with E-state index in [0.29, 0.717) is 16.3 Å². The monoisotopic (exact) mass is 228 g/mol. The highest BCUT2D eigenvalue weighted by Gasteiger charge is 2.13. The second-order valence-corrected chi connectivity index (χ2v) is 3.71. The fourth-order valence-electron chi connectivity index (χ4n) is 1.22. The molecule has 0 aromatic heterocycles. The van der Waals surface area contributed by atoms with Gasteiger partial charge in [0.2, 0.25) is 0 Å². The van der Waals surface area contributed by atoms with E-state index in [1.165, 1.54) is 14.0 Å². The molecule has 0 saturated heterocycles. The van der Waals surface area contributed by atoms with Gasteiger partial charge in [0.25, 0.3) is 0 Å². The van der Waals surface area contributed by atoms with Crippen LogP contribution in [-0.2, 0) is 11.2 Å². The first-order valence-corrected chi connectivity index (χ1v) is 4.95. The van der Waals surface area contributed by atoms with Crippen molar-refractivity contribution in [2.45, 2.75) is 19.4 Å². The van der Waals surface area contributed by atoms with E-state index in [-0.39, 0.29) is 12.2 Å². The molecule has 0 aliphatic carbocycles. The summed E-state index contributed by atoms with van der Waals surface area (Å²) in [4.78, 5) is 11.3. The van der Waals surface area contributed by atoms with Gasteiger partial charge in [-0.2, -0.15) is 0 Å². The number of carbonyl (C=O) groups excluding carboxylic acids is 1. The Bertz CT molecular complexity index is 361. The highest BCUT2D eigenvalue weighted by atomic mass is 35.5. The van der Waals surface area contributed by atoms with Crippen molar-refractivity contribution in [1.29, 1.82) is 0 Å². The van der Waals surface area contributed by atoms with Gasteiger partial charge in [0, 0.05) is 17.0 Å². The van der Waals surface area contributed by atoms with Crippen LogP contribution in [0.1, 0.15) is 12.5 Å². The third-order valence-corrected chi connectivity index (χ3v) is 2.31. The molecule has 15 heavy (non-hydrogen) atoms. The number of carbonyl (C=O) groups is 1. The molecule has 0 spiro atoms. The maximum Gasteiger partial charge on any atom is 0.165 e. The summed E-state index contributed by atoms with van der Waals surface area (Å²) in [5.74, 6) is 0.351. The first kappa shape index (κ1) is 12.0. The molecule has 1 unspecified atom stereocenters. The van der Waals surface area contributed by atoms with Crippen LogP contribution < -0.4 is 4.74 Å². The average Bonchev–Trinajstić information content (AvgIpc) is 2.18. The van der Waals surface area contributed by atoms with Crippen LogP contribution in [0.15, 0.2) is 18.2 Å². The van der Waals surface area contributed by atoms with Crippen LogP contribution in [0.25, 0.3) is 0 Å². The lowest BCUT2D eigenvalue weighted by Crippen LogP contribution is -2.18. The summed E-state index contributed by atoms with van der Waals surface area (Å²) in [6.45, 7) is 1.44. The molecule has 0 radical (unpaired) electrons. The molecule has 4 heteroatoms. The molecule has 1 atom stereocenters. The largest absolute Gasteiger partial charge is 0.496 e. The number of Topliss-reactive ketones (excluding diaryl/α,β-unsaturated/α-hetero) is 1. The topological polar surface area (TPSA) is 46.5 Å². The van der Waals surface area contributed by atoms with E-state index < -0.39 is 6.10 Å². The fraction of sp³-hybridized carbons (Fsp3) is 0.364. The molecule has 0 saturated carbocycles. The number of hydrogen-bond acceptors (Lipinski definition) is 3. The molecule has 0 heterocycles. The van der Waals surface area contributed by atoms with E-state index in [1.54, 1.807) is 18.2 Å². The number of methoxy groups -OCH3 is 1. The Morgan fingerprint density at radius 3 is 2.80 bits per heavy atom. The van der Waals surface area contributed by atoms with Crippen molar-refractivity contribution in [1.82, 2.24) is 0 Å². The quantitative estimate of drug-likeness (QED) is 0.856. The molecule has 0 aliphatic heterocycles. The first-order chi connectivity index (χ1) is 7.04. The SMILES string of the molecule is COc1ccc(Cl)cc1CC(=O)C(C)O. The van der Waals surface area contributed by atoms with Crippen molar-refractivity contribution in [3.8, 4) is 5.75 Å². The number of rotatable bonds is 4. The number of halogens is 1. The molecule has 1 rings (SSSR count). The first-order valence-electron chi connectivity index (χ1n) is 4.57. The highest BCUT2D eigenvalue weighted by molar-refractivity contribution is 6.30. The lowest BCUT2D eigenvalue weighted by molar-refractivity contribution is -0.125. The average molecular weight is 229 g/mol. The van der Waals surface area contributed by atoms with Gasteiger partial charge in [-0.15, -0.1) is 0 Å². The Balaban J connectivity index is 2.92. The Morgan fingerprint density at radius 2 is 2.27 bits per heavy atom. The van der Waals surface area contributed by atoms with Crippen LogP contribution in [-0.4, -0.2) is 24.1 Å². The van der Waals surface area contributed by atoms with Gasteiger partial charge in [0.05, 0.1) is 7.11 Å². The molecule has 0 bridgehead atoms. The Hall–Kier alpha value is -1.06. The number of ketones is 1. The molecule has 0 fully saturated rings. The molecule has 3 nitrogen and oxygen atoms in total. The van der Waals surface area contributed by atoms with Gasteiger partial charge in [-0.3, -0.25) is 4.79 Å². The number of aliphatic hydroxyl groups excluding tert-OH is 1. The van der Waals surface area contributed by atoms with E-state index in [1.807, 2.05) is 0 Å². The van der Waals surface area contributed by atoms with Crippen LogP contribution in [0, 0.1) is 0 Å². The molecule has 0 aliphatic rings. The third-order valence-electron chi connectivity index (χ3n) is 2.07. The van der Waals surface area contributed by atoms with Crippen molar-refractivity contribution in [3.63, 3.8) is 0 Å². The van der Waals surface area contributed by atoms with Gasteiger partial charge in [0.1, 0.15) is 11.9 Å². The van der Waals surface area contributed by atoms with Crippen molar-refractivity contribution >= 4 is 17.4 Å². The van der Waals surface area contributed by atoms with Crippen LogP contribution in [0.3, 0.4) is 0 Å². The fourth-order valence-corrected chi connectivity index (χ4v) is 1.42. The second-order valence-electron chi connectivity index (χ2n) is 3.28. The summed E-state index contributed by atoms with van der Waals surface area (Å²) in [5, 5.41) is 9.64. The van der Waals surface area contributed by atoms with Gasteiger partial charge in [-0.1, -0.05) is 11.6 Å².